The molecule has 0 radical (unpaired) electrons. The SMILES string of the molecule is CCC(CSC)NCC(O)COc1cc(Cl)ccc1Cl. The monoisotopic (exact) mass is 337 g/mol. The maximum absolute atomic E-state index is 9.91. The molecule has 1 aromatic rings. The molecule has 0 bridgehead atoms. The molecule has 0 fully saturated rings. The Balaban J connectivity index is 2.35. The van der Waals surface area contributed by atoms with E-state index in [0.29, 0.717) is 28.4 Å². The van der Waals surface area contributed by atoms with Crippen molar-refractivity contribution in [3.63, 3.8) is 0 Å². The lowest BCUT2D eigenvalue weighted by Crippen LogP contribution is -2.39. The van der Waals surface area contributed by atoms with Gasteiger partial charge in [-0.15, -0.1) is 0 Å². The summed E-state index contributed by atoms with van der Waals surface area (Å²) in [5.74, 6) is 1.53. The molecule has 0 saturated carbocycles. The van der Waals surface area contributed by atoms with Gasteiger partial charge in [0, 0.05) is 29.4 Å². The van der Waals surface area contributed by atoms with Crippen LogP contribution in [0.25, 0.3) is 0 Å². The van der Waals surface area contributed by atoms with Crippen molar-refractivity contribution >= 4 is 35.0 Å². The van der Waals surface area contributed by atoms with Crippen molar-refractivity contribution in [1.82, 2.24) is 5.32 Å². The number of hydrogen-bond acceptors (Lipinski definition) is 4. The van der Waals surface area contributed by atoms with E-state index in [9.17, 15) is 5.11 Å². The zero-order valence-corrected chi connectivity index (χ0v) is 14.1. The Morgan fingerprint density at radius 3 is 2.80 bits per heavy atom. The number of rotatable bonds is 9. The fourth-order valence-electron chi connectivity index (χ4n) is 1.66. The lowest BCUT2D eigenvalue weighted by Gasteiger charge is -2.19. The van der Waals surface area contributed by atoms with E-state index >= 15 is 0 Å². The third-order valence-electron chi connectivity index (χ3n) is 2.83. The summed E-state index contributed by atoms with van der Waals surface area (Å²) >= 11 is 13.7. The van der Waals surface area contributed by atoms with Crippen LogP contribution < -0.4 is 10.1 Å². The highest BCUT2D eigenvalue weighted by atomic mass is 35.5. The van der Waals surface area contributed by atoms with Gasteiger partial charge in [-0.1, -0.05) is 30.1 Å². The second-order valence-electron chi connectivity index (χ2n) is 4.51. The number of aliphatic hydroxyl groups excluding tert-OH is 1. The Labute approximate surface area is 135 Å². The number of benzene rings is 1. The van der Waals surface area contributed by atoms with E-state index in [1.807, 2.05) is 0 Å². The molecule has 1 rings (SSSR count). The van der Waals surface area contributed by atoms with E-state index < -0.39 is 6.10 Å². The quantitative estimate of drug-likeness (QED) is 0.724. The van der Waals surface area contributed by atoms with Crippen LogP contribution in [0.1, 0.15) is 13.3 Å². The van der Waals surface area contributed by atoms with Crippen molar-refractivity contribution in [3.8, 4) is 5.75 Å². The predicted molar refractivity (Wildman–Crippen MR) is 88.4 cm³/mol. The number of ether oxygens (including phenoxy) is 1. The van der Waals surface area contributed by atoms with Gasteiger partial charge >= 0.3 is 0 Å². The minimum atomic E-state index is -0.582. The smallest absolute Gasteiger partial charge is 0.139 e. The van der Waals surface area contributed by atoms with Crippen molar-refractivity contribution in [1.29, 1.82) is 0 Å². The molecule has 0 spiro atoms. The summed E-state index contributed by atoms with van der Waals surface area (Å²) in [6, 6.07) is 5.43. The summed E-state index contributed by atoms with van der Waals surface area (Å²) in [4.78, 5) is 0. The molecule has 0 saturated heterocycles. The molecule has 1 aromatic carbocycles. The molecule has 114 valence electrons. The minimum absolute atomic E-state index is 0.183. The van der Waals surface area contributed by atoms with Gasteiger partial charge in [0.15, 0.2) is 0 Å². The summed E-state index contributed by atoms with van der Waals surface area (Å²) in [5, 5.41) is 14.3. The van der Waals surface area contributed by atoms with Gasteiger partial charge in [-0.2, -0.15) is 11.8 Å². The normalized spacial score (nSPS) is 14.1. The number of aliphatic hydroxyl groups is 1. The molecule has 2 N–H and O–H groups in total. The Bertz CT molecular complexity index is 407. The van der Waals surface area contributed by atoms with E-state index in [1.165, 1.54) is 0 Å². The van der Waals surface area contributed by atoms with E-state index in [2.05, 4.69) is 18.5 Å². The molecular formula is C14H21Cl2NO2S. The lowest BCUT2D eigenvalue weighted by atomic mass is 10.2. The first kappa shape index (κ1) is 17.9. The van der Waals surface area contributed by atoms with Crippen molar-refractivity contribution in [2.45, 2.75) is 25.5 Å². The van der Waals surface area contributed by atoms with Crippen LogP contribution in [0, 0.1) is 0 Å². The Kier molecular flexibility index (Phi) is 8.73. The van der Waals surface area contributed by atoms with E-state index in [-0.39, 0.29) is 6.61 Å². The molecule has 20 heavy (non-hydrogen) atoms. The largest absolute Gasteiger partial charge is 0.489 e. The highest BCUT2D eigenvalue weighted by Gasteiger charge is 2.11. The first-order valence-corrected chi connectivity index (χ1v) is 8.70. The van der Waals surface area contributed by atoms with Crippen molar-refractivity contribution in [2.24, 2.45) is 0 Å². The van der Waals surface area contributed by atoms with Crippen molar-refractivity contribution < 1.29 is 9.84 Å². The predicted octanol–water partition coefficient (Wildman–Crippen LogP) is 3.46. The van der Waals surface area contributed by atoms with Gasteiger partial charge in [-0.25, -0.2) is 0 Å². The Morgan fingerprint density at radius 1 is 1.40 bits per heavy atom. The number of hydrogen-bond donors (Lipinski definition) is 2. The average Bonchev–Trinajstić information content (AvgIpc) is 2.44. The van der Waals surface area contributed by atoms with Crippen LogP contribution in [0.15, 0.2) is 18.2 Å². The van der Waals surface area contributed by atoms with E-state index in [4.69, 9.17) is 27.9 Å². The molecule has 0 amide bonds. The van der Waals surface area contributed by atoms with Crippen LogP contribution in [-0.4, -0.2) is 42.4 Å². The topological polar surface area (TPSA) is 41.5 Å². The summed E-state index contributed by atoms with van der Waals surface area (Å²) in [5.41, 5.74) is 0. The summed E-state index contributed by atoms with van der Waals surface area (Å²) in [6.45, 7) is 2.81. The number of thioether (sulfide) groups is 1. The van der Waals surface area contributed by atoms with Gasteiger partial charge in [0.25, 0.3) is 0 Å². The van der Waals surface area contributed by atoms with Gasteiger partial charge < -0.3 is 15.2 Å². The Hall–Kier alpha value is -0.130. The first-order valence-electron chi connectivity index (χ1n) is 6.55. The van der Waals surface area contributed by atoms with Crippen LogP contribution in [0.2, 0.25) is 10.0 Å². The molecule has 0 aliphatic carbocycles. The third-order valence-corrected chi connectivity index (χ3v) is 4.11. The van der Waals surface area contributed by atoms with Gasteiger partial charge in [-0.3, -0.25) is 0 Å². The summed E-state index contributed by atoms with van der Waals surface area (Å²) < 4.78 is 5.49. The van der Waals surface area contributed by atoms with Crippen molar-refractivity contribution in [3.05, 3.63) is 28.2 Å². The van der Waals surface area contributed by atoms with Crippen LogP contribution in [0.3, 0.4) is 0 Å². The average molecular weight is 338 g/mol. The highest BCUT2D eigenvalue weighted by molar-refractivity contribution is 7.98. The molecule has 0 aliphatic rings. The molecule has 2 atom stereocenters. The number of halogens is 2. The molecule has 6 heteroatoms. The van der Waals surface area contributed by atoms with Crippen molar-refractivity contribution in [2.75, 3.05) is 25.2 Å². The Morgan fingerprint density at radius 2 is 2.15 bits per heavy atom. The lowest BCUT2D eigenvalue weighted by molar-refractivity contribution is 0.104. The van der Waals surface area contributed by atoms with Crippen LogP contribution >= 0.6 is 35.0 Å². The molecule has 3 nitrogen and oxygen atoms in total. The third kappa shape index (κ3) is 6.55. The second kappa shape index (κ2) is 9.74. The fraction of sp³-hybridized carbons (Fsp3) is 0.571. The standard InChI is InChI=1S/C14H21Cl2NO2S/c1-3-11(9-20-2)17-7-12(18)8-19-14-6-10(15)4-5-13(14)16/h4-6,11-12,17-18H,3,7-9H2,1-2H3. The zero-order chi connectivity index (χ0) is 15.0. The maximum atomic E-state index is 9.91. The second-order valence-corrected chi connectivity index (χ2v) is 6.26. The highest BCUT2D eigenvalue weighted by Crippen LogP contribution is 2.27. The van der Waals surface area contributed by atoms with Crippen LogP contribution in [0.5, 0.6) is 5.75 Å². The van der Waals surface area contributed by atoms with E-state index in [0.717, 1.165) is 12.2 Å². The van der Waals surface area contributed by atoms with Crippen LogP contribution in [0.4, 0.5) is 0 Å². The van der Waals surface area contributed by atoms with Gasteiger partial charge in [0.05, 0.1) is 5.02 Å². The molecule has 0 heterocycles. The van der Waals surface area contributed by atoms with E-state index in [1.54, 1.807) is 30.0 Å². The van der Waals surface area contributed by atoms with Crippen LogP contribution in [-0.2, 0) is 0 Å². The van der Waals surface area contributed by atoms with Gasteiger partial charge in [0.2, 0.25) is 0 Å². The first-order chi connectivity index (χ1) is 9.56. The van der Waals surface area contributed by atoms with Gasteiger partial charge in [0.1, 0.15) is 18.5 Å². The minimum Gasteiger partial charge on any atom is -0.489 e. The maximum Gasteiger partial charge on any atom is 0.139 e. The molecule has 2 unspecified atom stereocenters. The fourth-order valence-corrected chi connectivity index (χ4v) is 2.75. The molecule has 0 aliphatic heterocycles. The van der Waals surface area contributed by atoms with Gasteiger partial charge in [-0.05, 0) is 24.8 Å². The summed E-state index contributed by atoms with van der Waals surface area (Å²) in [6.07, 6.45) is 2.53. The summed E-state index contributed by atoms with van der Waals surface area (Å²) in [7, 11) is 0. The zero-order valence-electron chi connectivity index (χ0n) is 11.7. The number of nitrogens with one attached hydrogen (secondary N) is 1. The molecule has 0 aromatic heterocycles. The molecular weight excluding hydrogens is 317 g/mol.